The molecule has 0 atom stereocenters. The van der Waals surface area contributed by atoms with Gasteiger partial charge in [-0.15, -0.1) is 25.2 Å². The van der Waals surface area contributed by atoms with Crippen LogP contribution >= 0.6 is 0 Å². The van der Waals surface area contributed by atoms with E-state index in [9.17, 15) is 0 Å². The van der Waals surface area contributed by atoms with Crippen molar-refractivity contribution in [1.82, 2.24) is 0 Å². The Bertz CT molecular complexity index is 305. The van der Waals surface area contributed by atoms with Crippen LogP contribution in [0.25, 0.3) is 0 Å². The van der Waals surface area contributed by atoms with Gasteiger partial charge in [0.2, 0.25) is 0 Å². The molecule has 0 bridgehead atoms. The van der Waals surface area contributed by atoms with Crippen molar-refractivity contribution in [2.75, 3.05) is 0 Å². The number of allylic oxidation sites excluding steroid dienone is 5. The summed E-state index contributed by atoms with van der Waals surface area (Å²) in [4.78, 5) is 0. The molecule has 0 saturated heterocycles. The van der Waals surface area contributed by atoms with Gasteiger partial charge in [-0.3, -0.25) is 0 Å². The minimum Gasteiger partial charge on any atom is -0.104 e. The van der Waals surface area contributed by atoms with E-state index in [1.165, 1.54) is 19.3 Å². The second-order valence-corrected chi connectivity index (χ2v) is 7.95. The van der Waals surface area contributed by atoms with Crippen LogP contribution in [0.1, 0.15) is 32.6 Å². The van der Waals surface area contributed by atoms with Gasteiger partial charge in [0.15, 0.2) is 6.71 Å². The molecule has 0 aliphatic carbocycles. The summed E-state index contributed by atoms with van der Waals surface area (Å²) < 4.78 is 0. The van der Waals surface area contributed by atoms with Crippen LogP contribution in [0, 0.1) is 0 Å². The topological polar surface area (TPSA) is 0 Å². The van der Waals surface area contributed by atoms with Crippen LogP contribution in [0.4, 0.5) is 0 Å². The van der Waals surface area contributed by atoms with Gasteiger partial charge in [0.25, 0.3) is 0 Å². The monoisotopic (exact) mass is 273 g/mol. The highest BCUT2D eigenvalue weighted by atomic mass is 28.3. The largest absolute Gasteiger partial charge is 0.177 e. The highest BCUT2D eigenvalue weighted by Gasteiger charge is 2.20. The van der Waals surface area contributed by atoms with E-state index in [4.69, 9.17) is 0 Å². The molecule has 0 aromatic rings. The van der Waals surface area contributed by atoms with Crippen molar-refractivity contribution in [3.63, 3.8) is 0 Å². The molecule has 0 aromatic heterocycles. The first kappa shape index (κ1) is 18.2. The van der Waals surface area contributed by atoms with Crippen molar-refractivity contribution in [3.05, 3.63) is 48.6 Å². The van der Waals surface area contributed by atoms with Crippen molar-refractivity contribution in [2.24, 2.45) is 0 Å². The van der Waals surface area contributed by atoms with Crippen LogP contribution in [0.3, 0.4) is 0 Å². The van der Waals surface area contributed by atoms with Crippen LogP contribution < -0.4 is 0 Å². The minimum atomic E-state index is -0.383. The summed E-state index contributed by atoms with van der Waals surface area (Å²) in [5.74, 6) is 0. The molecule has 1 radical (unpaired) electrons. The van der Waals surface area contributed by atoms with Crippen molar-refractivity contribution in [2.45, 2.75) is 58.3 Å². The van der Waals surface area contributed by atoms with E-state index < -0.39 is 0 Å². The maximum absolute atomic E-state index is 3.95. The summed E-state index contributed by atoms with van der Waals surface area (Å²) in [7, 11) is -0.383. The summed E-state index contributed by atoms with van der Waals surface area (Å²) in [6, 6.07) is 0. The zero-order valence-corrected chi connectivity index (χ0v) is 14.2. The number of unbranched alkanes of at least 4 members (excludes halogenated alkanes) is 1. The number of rotatable bonds is 11. The third kappa shape index (κ3) is 6.82. The summed E-state index contributed by atoms with van der Waals surface area (Å²) in [5.41, 5.74) is 1.63. The summed E-state index contributed by atoms with van der Waals surface area (Å²) in [6.07, 6.45) is 13.1. The Morgan fingerprint density at radius 1 is 1.05 bits per heavy atom. The lowest BCUT2D eigenvalue weighted by Crippen LogP contribution is -2.21. The highest BCUT2D eigenvalue weighted by Crippen LogP contribution is 2.25. The second-order valence-electron chi connectivity index (χ2n) is 5.35. The van der Waals surface area contributed by atoms with E-state index in [0.717, 1.165) is 19.1 Å². The van der Waals surface area contributed by atoms with Crippen LogP contribution in [0.5, 0.6) is 0 Å². The Morgan fingerprint density at radius 3 is 2.00 bits per heavy atom. The fraction of sp³-hybridized carbons (Fsp3) is 0.529. The molecular formula is C17H30BSi. The summed E-state index contributed by atoms with van der Waals surface area (Å²) in [5, 5.41) is 1.74. The molecule has 0 fully saturated rings. The molecule has 0 aliphatic heterocycles. The lowest BCUT2D eigenvalue weighted by Gasteiger charge is -2.22. The van der Waals surface area contributed by atoms with E-state index >= 15 is 0 Å². The molecular weight excluding hydrogens is 243 g/mol. The van der Waals surface area contributed by atoms with Crippen molar-refractivity contribution >= 4 is 15.5 Å². The van der Waals surface area contributed by atoms with Crippen LogP contribution in [0.15, 0.2) is 48.6 Å². The Balaban J connectivity index is 5.38. The molecule has 19 heavy (non-hydrogen) atoms. The molecule has 0 nitrogen and oxygen atoms in total. The fourth-order valence-corrected chi connectivity index (χ4v) is 4.19. The Labute approximate surface area is 123 Å². The highest BCUT2D eigenvalue weighted by molar-refractivity contribution is 6.73. The maximum Gasteiger partial charge on any atom is 0.177 e. The average Bonchev–Trinajstić information content (AvgIpc) is 2.37. The van der Waals surface area contributed by atoms with E-state index in [2.05, 4.69) is 45.8 Å². The maximum atomic E-state index is 3.95. The third-order valence-corrected chi connectivity index (χ3v) is 5.31. The lowest BCUT2D eigenvalue weighted by atomic mass is 9.39. The molecule has 0 unspecified atom stereocenters. The molecule has 0 rings (SSSR count). The Kier molecular flexibility index (Phi) is 10.7. The zero-order chi connectivity index (χ0) is 14.7. The summed E-state index contributed by atoms with van der Waals surface area (Å²) in [6.45, 7) is 19.5. The predicted molar refractivity (Wildman–Crippen MR) is 94.6 cm³/mol. The van der Waals surface area contributed by atoms with Gasteiger partial charge >= 0.3 is 0 Å². The number of hydrogen-bond acceptors (Lipinski definition) is 0. The SMILES string of the molecule is C=CCB(CC=C)/C(CC=C)=C(/CCCC)[Si](C)C. The van der Waals surface area contributed by atoms with E-state index in [1.54, 1.807) is 10.7 Å². The lowest BCUT2D eigenvalue weighted by molar-refractivity contribution is 0.801. The molecule has 0 amide bonds. The molecule has 0 aliphatic rings. The third-order valence-electron chi connectivity index (χ3n) is 3.53. The Morgan fingerprint density at radius 2 is 1.63 bits per heavy atom. The first-order chi connectivity index (χ1) is 9.12. The molecule has 2 heteroatoms. The zero-order valence-electron chi connectivity index (χ0n) is 13.2. The van der Waals surface area contributed by atoms with Crippen LogP contribution in [-0.4, -0.2) is 15.5 Å². The fourth-order valence-electron chi connectivity index (χ4n) is 2.56. The van der Waals surface area contributed by atoms with Gasteiger partial charge in [-0.05, 0) is 12.8 Å². The van der Waals surface area contributed by atoms with Gasteiger partial charge in [0, 0.05) is 0 Å². The molecule has 0 aromatic carbocycles. The van der Waals surface area contributed by atoms with Gasteiger partial charge in [-0.25, -0.2) is 0 Å². The number of hydrogen-bond donors (Lipinski definition) is 0. The van der Waals surface area contributed by atoms with E-state index in [1.807, 2.05) is 12.2 Å². The van der Waals surface area contributed by atoms with E-state index in [0.29, 0.717) is 6.71 Å². The second kappa shape index (κ2) is 11.1. The molecule has 105 valence electrons. The quantitative estimate of drug-likeness (QED) is 0.332. The van der Waals surface area contributed by atoms with Crippen molar-refractivity contribution < 1.29 is 0 Å². The van der Waals surface area contributed by atoms with Crippen LogP contribution in [0.2, 0.25) is 25.7 Å². The first-order valence-electron chi connectivity index (χ1n) is 7.47. The normalized spacial score (nSPS) is 12.0. The summed E-state index contributed by atoms with van der Waals surface area (Å²) >= 11 is 0. The Hall–Kier alpha value is -0.758. The predicted octanol–water partition coefficient (Wildman–Crippen LogP) is 5.75. The minimum absolute atomic E-state index is 0.383. The van der Waals surface area contributed by atoms with Gasteiger partial charge in [0.1, 0.15) is 0 Å². The molecule has 0 saturated carbocycles. The molecule has 0 spiro atoms. The molecule has 0 heterocycles. The van der Waals surface area contributed by atoms with Gasteiger partial charge in [0.05, 0.1) is 8.80 Å². The first-order valence-corrected chi connectivity index (χ1v) is 9.97. The van der Waals surface area contributed by atoms with Crippen LogP contribution in [-0.2, 0) is 0 Å². The van der Waals surface area contributed by atoms with Gasteiger partial charge in [-0.2, -0.15) is 0 Å². The smallest absolute Gasteiger partial charge is 0.104 e. The van der Waals surface area contributed by atoms with Crippen molar-refractivity contribution in [1.29, 1.82) is 0 Å². The van der Waals surface area contributed by atoms with Gasteiger partial charge in [-0.1, -0.05) is 68.9 Å². The van der Waals surface area contributed by atoms with Gasteiger partial charge < -0.3 is 0 Å². The van der Waals surface area contributed by atoms with Crippen molar-refractivity contribution in [3.8, 4) is 0 Å². The standard InChI is InChI=1S/C17H30BSi/c1-7-11-13-17(19(5)6)16(12-8-2)18(14-9-3)15-10-4/h8-10H,2-4,7,11-15H2,1,5-6H3/b17-16-. The van der Waals surface area contributed by atoms with E-state index in [-0.39, 0.29) is 8.80 Å². The molecule has 0 N–H and O–H groups in total. The average molecular weight is 273 g/mol.